The van der Waals surface area contributed by atoms with Crippen LogP contribution in [0.4, 0.5) is 0 Å². The lowest BCUT2D eigenvalue weighted by Crippen LogP contribution is -2.34. The monoisotopic (exact) mass is 481 g/mol. The zero-order chi connectivity index (χ0) is 21.8. The summed E-state index contributed by atoms with van der Waals surface area (Å²) in [5.74, 6) is 0.890. The molecule has 1 atom stereocenters. The zero-order valence-corrected chi connectivity index (χ0v) is 21.1. The van der Waals surface area contributed by atoms with Crippen molar-refractivity contribution in [3.8, 4) is 0 Å². The van der Waals surface area contributed by atoms with Crippen LogP contribution < -0.4 is 0 Å². The summed E-state index contributed by atoms with van der Waals surface area (Å²) in [7, 11) is 0. The molecule has 2 fully saturated rings. The summed E-state index contributed by atoms with van der Waals surface area (Å²) in [4.78, 5) is 2.59. The topological polar surface area (TPSA) is 26.3 Å². The van der Waals surface area contributed by atoms with E-state index >= 15 is 0 Å². The quantitative estimate of drug-likeness (QED) is 0.368. The highest BCUT2D eigenvalue weighted by molar-refractivity contribution is 7.92. The molecule has 2 aromatic carbocycles. The van der Waals surface area contributed by atoms with E-state index in [1.165, 1.54) is 59.9 Å². The maximum absolute atomic E-state index is 12.6. The van der Waals surface area contributed by atoms with Crippen molar-refractivity contribution in [3.05, 3.63) is 76.4 Å². The number of benzene rings is 2. The number of hydrogen-bond donors (Lipinski definition) is 0. The van der Waals surface area contributed by atoms with Crippen LogP contribution in [-0.2, 0) is 11.2 Å². The summed E-state index contributed by atoms with van der Waals surface area (Å²) in [5, 5.41) is 0.477. The summed E-state index contributed by atoms with van der Waals surface area (Å²) in [6, 6.07) is 17.7. The van der Waals surface area contributed by atoms with Gasteiger partial charge in [0.15, 0.2) is 0 Å². The third-order valence-corrected chi connectivity index (χ3v) is 9.37. The van der Waals surface area contributed by atoms with Gasteiger partial charge in [-0.25, -0.2) is 0 Å². The average molecular weight is 482 g/mol. The van der Waals surface area contributed by atoms with Gasteiger partial charge >= 0.3 is 0 Å². The third-order valence-electron chi connectivity index (χ3n) is 7.46. The summed E-state index contributed by atoms with van der Waals surface area (Å²) in [6.45, 7) is 3.33. The molecule has 4 heteroatoms. The SMILES string of the molecule is Cl.[O-][S+](CCCN1CCC(=C2c3ccccc3C=Cc3ccccc32)CC1)C1CCCCC1. The van der Waals surface area contributed by atoms with Gasteiger partial charge in [0.25, 0.3) is 0 Å². The second-order valence-electron chi connectivity index (χ2n) is 9.53. The van der Waals surface area contributed by atoms with E-state index in [-0.39, 0.29) is 12.4 Å². The number of fused-ring (bicyclic) bond motifs is 2. The minimum atomic E-state index is -0.616. The molecule has 1 heterocycles. The molecule has 3 aliphatic rings. The summed E-state index contributed by atoms with van der Waals surface area (Å²) < 4.78 is 12.6. The maximum Gasteiger partial charge on any atom is 0.115 e. The van der Waals surface area contributed by atoms with E-state index in [1.54, 1.807) is 5.57 Å². The summed E-state index contributed by atoms with van der Waals surface area (Å²) in [5.41, 5.74) is 8.44. The van der Waals surface area contributed by atoms with Crippen LogP contribution in [0.5, 0.6) is 0 Å². The number of rotatable bonds is 5. The van der Waals surface area contributed by atoms with Crippen LogP contribution in [-0.4, -0.2) is 40.1 Å². The van der Waals surface area contributed by atoms with Crippen LogP contribution in [0.3, 0.4) is 0 Å². The molecule has 2 aliphatic carbocycles. The average Bonchev–Trinajstić information content (AvgIpc) is 3.02. The highest BCUT2D eigenvalue weighted by Crippen LogP contribution is 2.38. The largest absolute Gasteiger partial charge is 0.616 e. The van der Waals surface area contributed by atoms with E-state index in [9.17, 15) is 4.55 Å². The van der Waals surface area contributed by atoms with E-state index in [0.717, 1.165) is 44.6 Å². The molecular formula is C29H36ClNOS. The number of nitrogens with zero attached hydrogens (tertiary/aromatic N) is 1. The molecule has 5 rings (SSSR count). The molecule has 0 aromatic heterocycles. The summed E-state index contributed by atoms with van der Waals surface area (Å²) >= 11 is -0.616. The lowest BCUT2D eigenvalue weighted by Gasteiger charge is -2.31. The minimum Gasteiger partial charge on any atom is -0.616 e. The number of likely N-dealkylation sites (tertiary alicyclic amines) is 1. The van der Waals surface area contributed by atoms with Crippen molar-refractivity contribution >= 4 is 41.3 Å². The lowest BCUT2D eigenvalue weighted by molar-refractivity contribution is 0.257. The van der Waals surface area contributed by atoms with E-state index in [1.807, 2.05) is 0 Å². The van der Waals surface area contributed by atoms with E-state index in [2.05, 4.69) is 65.6 Å². The Morgan fingerprint density at radius 1 is 0.818 bits per heavy atom. The molecule has 1 saturated carbocycles. The Labute approximate surface area is 208 Å². The standard InChI is InChI=1S/C29H35NOS.ClH/c31-32(26-11-2-1-3-12-26)22-8-19-30-20-17-25(18-21-30)29-27-13-6-4-9-23(27)15-16-24-10-5-7-14-28(24)29;/h4-7,9-10,13-16,26H,1-3,8,11-12,17-22H2;1H. The van der Waals surface area contributed by atoms with E-state index < -0.39 is 11.2 Å². The van der Waals surface area contributed by atoms with Gasteiger partial charge in [-0.3, -0.25) is 0 Å². The Balaban J connectivity index is 0.00000259. The third kappa shape index (κ3) is 5.77. The van der Waals surface area contributed by atoms with Crippen LogP contribution in [0.25, 0.3) is 17.7 Å². The fraction of sp³-hybridized carbons (Fsp3) is 0.448. The number of halogens is 1. The molecule has 0 N–H and O–H groups in total. The van der Waals surface area contributed by atoms with Crippen molar-refractivity contribution < 1.29 is 4.55 Å². The first-order chi connectivity index (χ1) is 15.8. The molecule has 0 spiro atoms. The van der Waals surface area contributed by atoms with E-state index in [0.29, 0.717) is 5.25 Å². The molecule has 2 nitrogen and oxygen atoms in total. The second kappa shape index (κ2) is 11.8. The van der Waals surface area contributed by atoms with Gasteiger partial charge in [-0.1, -0.05) is 83.9 Å². The number of hydrogen-bond acceptors (Lipinski definition) is 2. The van der Waals surface area contributed by atoms with Crippen LogP contribution in [0.2, 0.25) is 0 Å². The molecule has 2 aromatic rings. The van der Waals surface area contributed by atoms with Crippen molar-refractivity contribution in [1.82, 2.24) is 4.90 Å². The first-order valence-electron chi connectivity index (χ1n) is 12.5. The molecule has 1 saturated heterocycles. The van der Waals surface area contributed by atoms with Crippen molar-refractivity contribution in [1.29, 1.82) is 0 Å². The molecule has 0 radical (unpaired) electrons. The Bertz CT molecular complexity index is 933. The number of piperidine rings is 1. The molecule has 1 aliphatic heterocycles. The van der Waals surface area contributed by atoms with Crippen molar-refractivity contribution in [2.24, 2.45) is 0 Å². The predicted octanol–water partition coefficient (Wildman–Crippen LogP) is 6.96. The smallest absolute Gasteiger partial charge is 0.115 e. The van der Waals surface area contributed by atoms with Gasteiger partial charge in [-0.2, -0.15) is 0 Å². The molecule has 1 unspecified atom stereocenters. The Morgan fingerprint density at radius 3 is 2.00 bits per heavy atom. The fourth-order valence-corrected chi connectivity index (χ4v) is 7.27. The first kappa shape index (κ1) is 24.6. The molecule has 0 bridgehead atoms. The van der Waals surface area contributed by atoms with Crippen LogP contribution in [0, 0.1) is 0 Å². The minimum absolute atomic E-state index is 0. The second-order valence-corrected chi connectivity index (χ2v) is 11.4. The van der Waals surface area contributed by atoms with Gasteiger partial charge in [0.05, 0.1) is 0 Å². The van der Waals surface area contributed by atoms with Gasteiger partial charge in [0.1, 0.15) is 11.0 Å². The summed E-state index contributed by atoms with van der Waals surface area (Å²) in [6.07, 6.45) is 14.1. The highest BCUT2D eigenvalue weighted by Gasteiger charge is 2.25. The first-order valence-corrected chi connectivity index (χ1v) is 13.9. The molecule has 33 heavy (non-hydrogen) atoms. The molecule has 0 amide bonds. The lowest BCUT2D eigenvalue weighted by atomic mass is 9.86. The van der Waals surface area contributed by atoms with Gasteiger partial charge in [0.2, 0.25) is 0 Å². The van der Waals surface area contributed by atoms with Gasteiger partial charge in [0, 0.05) is 26.1 Å². The zero-order valence-electron chi connectivity index (χ0n) is 19.5. The van der Waals surface area contributed by atoms with Crippen molar-refractivity contribution in [2.75, 3.05) is 25.4 Å². The molecule has 176 valence electrons. The van der Waals surface area contributed by atoms with Gasteiger partial charge < -0.3 is 9.45 Å². The van der Waals surface area contributed by atoms with Gasteiger partial charge in [-0.05, 0) is 66.4 Å². The Hall–Kier alpha value is -1.52. The van der Waals surface area contributed by atoms with Crippen molar-refractivity contribution in [2.45, 2.75) is 56.6 Å². The van der Waals surface area contributed by atoms with Crippen molar-refractivity contribution in [3.63, 3.8) is 0 Å². The normalized spacial score (nSPS) is 19.9. The Morgan fingerprint density at radius 2 is 1.39 bits per heavy atom. The van der Waals surface area contributed by atoms with Crippen LogP contribution >= 0.6 is 12.4 Å². The Kier molecular flexibility index (Phi) is 8.76. The molecular weight excluding hydrogens is 446 g/mol. The van der Waals surface area contributed by atoms with Gasteiger partial charge in [-0.15, -0.1) is 12.4 Å². The van der Waals surface area contributed by atoms with E-state index in [4.69, 9.17) is 0 Å². The fourth-order valence-electron chi connectivity index (χ4n) is 5.67. The predicted molar refractivity (Wildman–Crippen MR) is 145 cm³/mol. The highest BCUT2D eigenvalue weighted by atomic mass is 35.5. The maximum atomic E-state index is 12.6. The van der Waals surface area contributed by atoms with Crippen LogP contribution in [0.1, 0.15) is 73.6 Å². The van der Waals surface area contributed by atoms with Crippen LogP contribution in [0.15, 0.2) is 54.1 Å².